The zero-order valence-electron chi connectivity index (χ0n) is 19.9. The molecule has 0 bridgehead atoms. The second-order valence-electron chi connectivity index (χ2n) is 7.94. The molecule has 0 spiro atoms. The molecule has 1 fully saturated rings. The first-order chi connectivity index (χ1) is 17.8. The number of para-hydroxylation sites is 1. The Morgan fingerprint density at radius 3 is 2.03 bits per heavy atom. The van der Waals surface area contributed by atoms with Crippen LogP contribution in [0.4, 0.5) is 5.69 Å². The van der Waals surface area contributed by atoms with E-state index < -0.39 is 62.2 Å². The van der Waals surface area contributed by atoms with Crippen molar-refractivity contribution >= 4 is 17.6 Å². The monoisotopic (exact) mass is 522 g/mol. The number of anilines is 1. The predicted octanol–water partition coefficient (Wildman–Crippen LogP) is -2.02. The van der Waals surface area contributed by atoms with Crippen LogP contribution in [-0.4, -0.2) is 110 Å². The summed E-state index contributed by atoms with van der Waals surface area (Å²) in [5, 5.41) is 76.7. The number of ether oxygens (including phenoxy) is 2. The summed E-state index contributed by atoms with van der Waals surface area (Å²) in [6.07, 6.45) is -12.2. The third-order valence-electron chi connectivity index (χ3n) is 5.28. The number of hydrogen-bond donors (Lipinski definition) is 9. The maximum Gasteiger partial charge on any atom is 0.187 e. The highest BCUT2D eigenvalue weighted by molar-refractivity contribution is 6.32. The Labute approximate surface area is 213 Å². The molecule has 1 aliphatic heterocycles. The smallest absolute Gasteiger partial charge is 0.187 e. The molecule has 2 aromatic rings. The Balaban J connectivity index is 0.000000700. The van der Waals surface area contributed by atoms with Crippen LogP contribution < -0.4 is 11.3 Å². The lowest BCUT2D eigenvalue weighted by molar-refractivity contribution is -0.322. The van der Waals surface area contributed by atoms with E-state index in [0.29, 0.717) is 5.69 Å². The lowest BCUT2D eigenvalue weighted by Gasteiger charge is -2.41. The molecular weight excluding hydrogens is 488 g/mol. The third-order valence-corrected chi connectivity index (χ3v) is 5.28. The van der Waals surface area contributed by atoms with Gasteiger partial charge in [0.2, 0.25) is 0 Å². The summed E-state index contributed by atoms with van der Waals surface area (Å²) >= 11 is 0. The van der Waals surface area contributed by atoms with Gasteiger partial charge in [0.05, 0.1) is 25.1 Å². The van der Waals surface area contributed by atoms with Gasteiger partial charge >= 0.3 is 0 Å². The molecular formula is C24H34N4O9. The summed E-state index contributed by atoms with van der Waals surface area (Å²) in [5.74, 6) is 5.16. The molecule has 1 heterocycles. The number of rotatable bonds is 10. The van der Waals surface area contributed by atoms with Crippen molar-refractivity contribution < 1.29 is 45.2 Å². The van der Waals surface area contributed by atoms with E-state index in [1.54, 1.807) is 30.3 Å². The number of nitrogens with two attached hydrogens (primary N) is 1. The largest absolute Gasteiger partial charge is 0.394 e. The minimum Gasteiger partial charge on any atom is -0.394 e. The van der Waals surface area contributed by atoms with Gasteiger partial charge in [0.25, 0.3) is 0 Å². The van der Waals surface area contributed by atoms with Crippen LogP contribution in [0.15, 0.2) is 76.9 Å². The van der Waals surface area contributed by atoms with Gasteiger partial charge in [-0.15, -0.1) is 0 Å². The fourth-order valence-corrected chi connectivity index (χ4v) is 3.26. The standard InChI is InChI=1S/C18H28N4O9.C6H6/c19-20-6-10(22-21-9-4-2-1-3-5-9)13(26)17(11(25)7-23)31-18-16(29)15(28)14(27)12(8-24)30-18;1-2-4-6-5-3-1/h1-6,11-18,21,23-29H,7-8,19H2;1-6H. The number of nitrogens with zero attached hydrogens (tertiary/aromatic N) is 2. The summed E-state index contributed by atoms with van der Waals surface area (Å²) in [6.45, 7) is -1.55. The maximum absolute atomic E-state index is 10.7. The van der Waals surface area contributed by atoms with Gasteiger partial charge in [0.1, 0.15) is 48.4 Å². The van der Waals surface area contributed by atoms with Gasteiger partial charge in [-0.2, -0.15) is 10.2 Å². The molecule has 0 aliphatic carbocycles. The van der Waals surface area contributed by atoms with E-state index in [0.717, 1.165) is 6.21 Å². The SMILES string of the molecule is NN=CC(=NNc1ccccc1)C(O)C(OC1OC(CO)C(O)C(O)C1O)C(O)CO.c1ccccc1. The van der Waals surface area contributed by atoms with E-state index in [1.807, 2.05) is 36.4 Å². The molecule has 13 heteroatoms. The van der Waals surface area contributed by atoms with Crippen LogP contribution in [0.3, 0.4) is 0 Å². The quantitative estimate of drug-likeness (QED) is 0.0941. The van der Waals surface area contributed by atoms with Gasteiger partial charge in [0.15, 0.2) is 6.29 Å². The third kappa shape index (κ3) is 9.12. The molecule has 10 N–H and O–H groups in total. The molecule has 8 unspecified atom stereocenters. The van der Waals surface area contributed by atoms with Crippen LogP contribution in [0.2, 0.25) is 0 Å². The minimum absolute atomic E-state index is 0.201. The normalized spacial score (nSPS) is 26.6. The zero-order chi connectivity index (χ0) is 27.2. The molecule has 0 saturated carbocycles. The second-order valence-corrected chi connectivity index (χ2v) is 7.94. The van der Waals surface area contributed by atoms with E-state index in [2.05, 4.69) is 15.6 Å². The van der Waals surface area contributed by atoms with Crippen molar-refractivity contribution in [3.63, 3.8) is 0 Å². The molecule has 1 aliphatic rings. The Morgan fingerprint density at radius 2 is 1.51 bits per heavy atom. The summed E-state index contributed by atoms with van der Waals surface area (Å²) in [7, 11) is 0. The first-order valence-electron chi connectivity index (χ1n) is 11.4. The molecule has 3 rings (SSSR count). The average Bonchev–Trinajstić information content (AvgIpc) is 2.94. The van der Waals surface area contributed by atoms with Crippen molar-refractivity contribution in [3.05, 3.63) is 66.7 Å². The summed E-state index contributed by atoms with van der Waals surface area (Å²) < 4.78 is 10.6. The van der Waals surface area contributed by atoms with Crippen molar-refractivity contribution in [3.8, 4) is 0 Å². The van der Waals surface area contributed by atoms with Crippen LogP contribution in [0, 0.1) is 0 Å². The van der Waals surface area contributed by atoms with Crippen LogP contribution in [0.1, 0.15) is 0 Å². The molecule has 204 valence electrons. The van der Waals surface area contributed by atoms with Crippen LogP contribution in [-0.2, 0) is 9.47 Å². The van der Waals surface area contributed by atoms with Crippen molar-refractivity contribution in [1.29, 1.82) is 0 Å². The van der Waals surface area contributed by atoms with E-state index >= 15 is 0 Å². The minimum atomic E-state index is -1.79. The van der Waals surface area contributed by atoms with Gasteiger partial charge in [-0.05, 0) is 12.1 Å². The maximum atomic E-state index is 10.7. The predicted molar refractivity (Wildman–Crippen MR) is 134 cm³/mol. The zero-order valence-corrected chi connectivity index (χ0v) is 19.9. The highest BCUT2D eigenvalue weighted by Crippen LogP contribution is 2.24. The fourth-order valence-electron chi connectivity index (χ4n) is 3.26. The molecule has 0 amide bonds. The molecule has 2 aromatic carbocycles. The van der Waals surface area contributed by atoms with Gasteiger partial charge in [-0.3, -0.25) is 5.43 Å². The number of hydrogen-bond acceptors (Lipinski definition) is 13. The molecule has 37 heavy (non-hydrogen) atoms. The Bertz CT molecular complexity index is 910. The van der Waals surface area contributed by atoms with Crippen molar-refractivity contribution in [2.24, 2.45) is 16.0 Å². The lowest BCUT2D eigenvalue weighted by atomic mass is 9.98. The topological polar surface area (TPSA) is 223 Å². The number of hydrazone groups is 2. The van der Waals surface area contributed by atoms with Crippen molar-refractivity contribution in [1.82, 2.24) is 0 Å². The Hall–Kier alpha value is -2.98. The van der Waals surface area contributed by atoms with Crippen molar-refractivity contribution in [2.45, 2.75) is 49.0 Å². The van der Waals surface area contributed by atoms with Crippen LogP contribution in [0.25, 0.3) is 0 Å². The van der Waals surface area contributed by atoms with Gasteiger partial charge in [-0.25, -0.2) is 0 Å². The van der Waals surface area contributed by atoms with E-state index in [-0.39, 0.29) is 5.71 Å². The molecule has 8 atom stereocenters. The highest BCUT2D eigenvalue weighted by Gasteiger charge is 2.46. The number of benzene rings is 2. The fraction of sp³-hybridized carbons (Fsp3) is 0.417. The number of aliphatic hydroxyl groups is 7. The second kappa shape index (κ2) is 16.0. The van der Waals surface area contributed by atoms with Crippen molar-refractivity contribution in [2.75, 3.05) is 18.6 Å². The average molecular weight is 523 g/mol. The Morgan fingerprint density at radius 1 is 0.946 bits per heavy atom. The highest BCUT2D eigenvalue weighted by atomic mass is 16.7. The first kappa shape index (κ1) is 30.2. The van der Waals surface area contributed by atoms with Gasteiger partial charge in [0, 0.05) is 0 Å². The Kier molecular flexibility index (Phi) is 13.1. The van der Waals surface area contributed by atoms with E-state index in [4.69, 9.17) is 15.3 Å². The number of aliphatic hydroxyl groups excluding tert-OH is 7. The van der Waals surface area contributed by atoms with E-state index in [9.17, 15) is 35.7 Å². The van der Waals surface area contributed by atoms with Gasteiger partial charge < -0.3 is 51.1 Å². The number of nitrogens with one attached hydrogen (secondary N) is 1. The summed E-state index contributed by atoms with van der Waals surface area (Å²) in [6, 6.07) is 20.7. The molecule has 0 aromatic heterocycles. The summed E-state index contributed by atoms with van der Waals surface area (Å²) in [4.78, 5) is 0. The lowest BCUT2D eigenvalue weighted by Crippen LogP contribution is -2.61. The van der Waals surface area contributed by atoms with Gasteiger partial charge in [-0.1, -0.05) is 54.6 Å². The first-order valence-corrected chi connectivity index (χ1v) is 11.4. The molecule has 0 radical (unpaired) electrons. The molecule has 1 saturated heterocycles. The summed E-state index contributed by atoms with van der Waals surface area (Å²) in [5.41, 5.74) is 3.02. The van der Waals surface area contributed by atoms with Crippen LogP contribution in [0.5, 0.6) is 0 Å². The van der Waals surface area contributed by atoms with E-state index in [1.165, 1.54) is 0 Å². The molecule has 13 nitrogen and oxygen atoms in total. The van der Waals surface area contributed by atoms with Crippen LogP contribution >= 0.6 is 0 Å².